The molecule has 0 aliphatic heterocycles. The van der Waals surface area contributed by atoms with Crippen LogP contribution in [0, 0.1) is 5.92 Å². The van der Waals surface area contributed by atoms with E-state index in [2.05, 4.69) is 4.98 Å². The molecule has 1 aromatic carbocycles. The van der Waals surface area contributed by atoms with Crippen LogP contribution < -0.4 is 21.9 Å². The maximum atomic E-state index is 13.4. The van der Waals surface area contributed by atoms with Gasteiger partial charge in [-0.05, 0) is 36.6 Å². The summed E-state index contributed by atoms with van der Waals surface area (Å²) in [6.07, 6.45) is 1.54. The Bertz CT molecular complexity index is 1230. The second-order valence-electron chi connectivity index (χ2n) is 7.95. The lowest BCUT2D eigenvalue weighted by atomic mass is 10.2. The van der Waals surface area contributed by atoms with Gasteiger partial charge in [-0.2, -0.15) is 0 Å². The molecule has 8 nitrogen and oxygen atoms in total. The van der Waals surface area contributed by atoms with Crippen molar-refractivity contribution < 1.29 is 9.21 Å². The van der Waals surface area contributed by atoms with Crippen LogP contribution in [-0.2, 0) is 6.54 Å². The van der Waals surface area contributed by atoms with Crippen molar-refractivity contribution >= 4 is 29.0 Å². The maximum absolute atomic E-state index is 13.4. The zero-order valence-electron chi connectivity index (χ0n) is 18.4. The second-order valence-corrected chi connectivity index (χ2v) is 8.36. The van der Waals surface area contributed by atoms with Crippen molar-refractivity contribution in [2.75, 3.05) is 17.2 Å². The number of nitrogens with zero attached hydrogens (tertiary/aromatic N) is 2. The minimum absolute atomic E-state index is 0.0202. The van der Waals surface area contributed by atoms with Gasteiger partial charge in [-0.15, -0.1) is 0 Å². The van der Waals surface area contributed by atoms with E-state index in [4.69, 9.17) is 21.8 Å². The Hall–Kier alpha value is -3.26. The van der Waals surface area contributed by atoms with Crippen LogP contribution in [0.4, 0.5) is 11.5 Å². The van der Waals surface area contributed by atoms with Crippen LogP contribution in [0.25, 0.3) is 11.3 Å². The number of carbonyl (C=O) groups is 1. The number of nitrogens with two attached hydrogens (primary N) is 1. The summed E-state index contributed by atoms with van der Waals surface area (Å²) in [5.74, 6) is -0.0929. The summed E-state index contributed by atoms with van der Waals surface area (Å²) in [5.41, 5.74) is 5.51. The van der Waals surface area contributed by atoms with E-state index in [1.54, 1.807) is 24.3 Å². The first kappa shape index (κ1) is 23.4. The number of nitrogen functional groups attached to an aromatic ring is 1. The standard InChI is InChI=1S/C23H27ClN4O4/c1-4-5-12-27-20(25)19(21(29)26-23(27)31)28(13-14(2)3)22(30)18-11-10-17(32-18)15-8-6-7-9-16(15)24/h6-11,14H,4-5,12-13,25H2,1-3H3,(H,26,29,31). The molecule has 32 heavy (non-hydrogen) atoms. The Balaban J connectivity index is 2.07. The number of anilines is 2. The molecule has 0 radical (unpaired) electrons. The summed E-state index contributed by atoms with van der Waals surface area (Å²) in [4.78, 5) is 42.0. The minimum Gasteiger partial charge on any atom is -0.451 e. The molecule has 0 saturated carbocycles. The first-order chi connectivity index (χ1) is 15.2. The lowest BCUT2D eigenvalue weighted by molar-refractivity contribution is 0.0957. The number of rotatable bonds is 8. The lowest BCUT2D eigenvalue weighted by Crippen LogP contribution is -2.42. The van der Waals surface area contributed by atoms with Crippen LogP contribution in [0.3, 0.4) is 0 Å². The number of amides is 1. The molecular weight excluding hydrogens is 432 g/mol. The Kier molecular flexibility index (Phi) is 7.25. The maximum Gasteiger partial charge on any atom is 0.330 e. The van der Waals surface area contributed by atoms with E-state index in [1.165, 1.54) is 15.5 Å². The highest BCUT2D eigenvalue weighted by Gasteiger charge is 2.28. The Labute approximate surface area is 190 Å². The molecule has 0 fully saturated rings. The van der Waals surface area contributed by atoms with Crippen molar-refractivity contribution in [3.8, 4) is 11.3 Å². The van der Waals surface area contributed by atoms with Gasteiger partial charge in [0, 0.05) is 18.7 Å². The van der Waals surface area contributed by atoms with Gasteiger partial charge >= 0.3 is 5.69 Å². The fourth-order valence-corrected chi connectivity index (χ4v) is 3.64. The smallest absolute Gasteiger partial charge is 0.330 e. The number of H-pyrrole nitrogens is 1. The lowest BCUT2D eigenvalue weighted by Gasteiger charge is -2.25. The van der Waals surface area contributed by atoms with Gasteiger partial charge in [0.15, 0.2) is 11.4 Å². The summed E-state index contributed by atoms with van der Waals surface area (Å²) in [6.45, 7) is 6.35. The van der Waals surface area contributed by atoms with Crippen molar-refractivity contribution in [3.05, 3.63) is 68.0 Å². The average molecular weight is 459 g/mol. The third-order valence-corrected chi connectivity index (χ3v) is 5.30. The molecule has 0 bridgehead atoms. The number of aromatic nitrogens is 2. The summed E-state index contributed by atoms with van der Waals surface area (Å²) in [6, 6.07) is 10.3. The third kappa shape index (κ3) is 4.80. The number of unbranched alkanes of at least 4 members (excludes halogenated alkanes) is 1. The van der Waals surface area contributed by atoms with E-state index in [9.17, 15) is 14.4 Å². The van der Waals surface area contributed by atoms with Crippen molar-refractivity contribution in [2.24, 2.45) is 5.92 Å². The fourth-order valence-electron chi connectivity index (χ4n) is 3.41. The van der Waals surface area contributed by atoms with Crippen molar-refractivity contribution in [1.29, 1.82) is 0 Å². The van der Waals surface area contributed by atoms with E-state index >= 15 is 0 Å². The van der Waals surface area contributed by atoms with Gasteiger partial charge in [-0.1, -0.05) is 50.9 Å². The fraction of sp³-hybridized carbons (Fsp3) is 0.348. The quantitative estimate of drug-likeness (QED) is 0.526. The van der Waals surface area contributed by atoms with Crippen LogP contribution in [0.1, 0.15) is 44.2 Å². The molecule has 9 heteroatoms. The van der Waals surface area contributed by atoms with E-state index in [-0.39, 0.29) is 29.7 Å². The average Bonchev–Trinajstić information content (AvgIpc) is 3.22. The molecule has 3 rings (SSSR count). The van der Waals surface area contributed by atoms with Gasteiger partial charge in [-0.25, -0.2) is 4.79 Å². The SMILES string of the molecule is CCCCn1c(N)c(N(CC(C)C)C(=O)c2ccc(-c3ccccc3Cl)o2)c(=O)[nH]c1=O. The number of halogens is 1. The number of furan rings is 1. The Morgan fingerprint density at radius 2 is 1.94 bits per heavy atom. The Morgan fingerprint density at radius 1 is 1.22 bits per heavy atom. The molecule has 1 amide bonds. The number of hydrogen-bond donors (Lipinski definition) is 2. The van der Waals surface area contributed by atoms with Crippen LogP contribution in [-0.4, -0.2) is 22.0 Å². The monoisotopic (exact) mass is 458 g/mol. The van der Waals surface area contributed by atoms with Crippen LogP contribution >= 0.6 is 11.6 Å². The molecule has 0 saturated heterocycles. The number of benzene rings is 1. The van der Waals surface area contributed by atoms with Crippen LogP contribution in [0.2, 0.25) is 5.02 Å². The molecule has 0 atom stereocenters. The highest BCUT2D eigenvalue weighted by Crippen LogP contribution is 2.30. The van der Waals surface area contributed by atoms with Crippen LogP contribution in [0.5, 0.6) is 0 Å². The summed E-state index contributed by atoms with van der Waals surface area (Å²) in [7, 11) is 0. The molecule has 2 heterocycles. The van der Waals surface area contributed by atoms with Crippen molar-refractivity contribution in [1.82, 2.24) is 9.55 Å². The number of nitrogens with one attached hydrogen (secondary N) is 1. The first-order valence-electron chi connectivity index (χ1n) is 10.5. The molecule has 2 aromatic heterocycles. The molecule has 3 N–H and O–H groups in total. The topological polar surface area (TPSA) is 114 Å². The zero-order valence-corrected chi connectivity index (χ0v) is 19.1. The molecule has 0 spiro atoms. The highest BCUT2D eigenvalue weighted by atomic mass is 35.5. The molecule has 0 aliphatic rings. The van der Waals surface area contributed by atoms with Crippen molar-refractivity contribution in [2.45, 2.75) is 40.2 Å². The van der Waals surface area contributed by atoms with E-state index < -0.39 is 17.2 Å². The summed E-state index contributed by atoms with van der Waals surface area (Å²) in [5, 5.41) is 0.489. The molecular formula is C23H27ClN4O4. The van der Waals surface area contributed by atoms with Gasteiger partial charge in [0.25, 0.3) is 11.5 Å². The predicted molar refractivity (Wildman–Crippen MR) is 126 cm³/mol. The van der Waals surface area contributed by atoms with E-state index in [0.717, 1.165) is 6.42 Å². The summed E-state index contributed by atoms with van der Waals surface area (Å²) < 4.78 is 7.09. The normalized spacial score (nSPS) is 11.2. The van der Waals surface area contributed by atoms with Gasteiger partial charge in [0.2, 0.25) is 0 Å². The highest BCUT2D eigenvalue weighted by molar-refractivity contribution is 6.33. The van der Waals surface area contributed by atoms with Gasteiger partial charge in [0.05, 0.1) is 5.02 Å². The summed E-state index contributed by atoms with van der Waals surface area (Å²) >= 11 is 6.24. The molecule has 0 aliphatic carbocycles. The van der Waals surface area contributed by atoms with Crippen molar-refractivity contribution in [3.63, 3.8) is 0 Å². The van der Waals surface area contributed by atoms with E-state index in [0.29, 0.717) is 29.3 Å². The predicted octanol–water partition coefficient (Wildman–Crippen LogP) is 4.14. The van der Waals surface area contributed by atoms with Gasteiger partial charge < -0.3 is 10.2 Å². The largest absolute Gasteiger partial charge is 0.451 e. The minimum atomic E-state index is -0.716. The third-order valence-electron chi connectivity index (χ3n) is 4.97. The van der Waals surface area contributed by atoms with Crippen LogP contribution in [0.15, 0.2) is 50.4 Å². The second kappa shape index (κ2) is 9.91. The molecule has 0 unspecified atom stereocenters. The number of hydrogen-bond acceptors (Lipinski definition) is 5. The number of aromatic amines is 1. The molecule has 170 valence electrons. The Morgan fingerprint density at radius 3 is 2.59 bits per heavy atom. The van der Waals surface area contributed by atoms with E-state index in [1.807, 2.05) is 26.8 Å². The molecule has 3 aromatic rings. The van der Waals surface area contributed by atoms with Gasteiger partial charge in [-0.3, -0.25) is 24.0 Å². The number of carbonyl (C=O) groups excluding carboxylic acids is 1. The zero-order chi connectivity index (χ0) is 23.4. The first-order valence-corrected chi connectivity index (χ1v) is 10.9. The van der Waals surface area contributed by atoms with Gasteiger partial charge in [0.1, 0.15) is 11.6 Å².